The van der Waals surface area contributed by atoms with Crippen LogP contribution in [0.3, 0.4) is 0 Å². The van der Waals surface area contributed by atoms with Crippen molar-refractivity contribution < 1.29 is 18.2 Å². The van der Waals surface area contributed by atoms with E-state index in [0.29, 0.717) is 0 Å². The number of anilines is 1. The number of nitrogens with zero attached hydrogens (tertiary/aromatic N) is 1. The Morgan fingerprint density at radius 1 is 0.781 bits per heavy atom. The summed E-state index contributed by atoms with van der Waals surface area (Å²) in [6, 6.07) is 19.9. The molecule has 2 aromatic rings. The predicted octanol–water partition coefficient (Wildman–Crippen LogP) is 7.95. The molecule has 7 atom stereocenters. The van der Waals surface area contributed by atoms with Crippen LogP contribution >= 0.6 is 18.1 Å². The van der Waals surface area contributed by atoms with Crippen LogP contribution in [0.15, 0.2) is 48.5 Å². The molecular formula is C28H37ClNPPd. The van der Waals surface area contributed by atoms with E-state index in [2.05, 4.69) is 69.0 Å². The van der Waals surface area contributed by atoms with Crippen LogP contribution in [0, 0.1) is 29.7 Å². The molecule has 6 rings (SSSR count). The second-order valence-electron chi connectivity index (χ2n) is 10.4. The molecule has 0 aliphatic heterocycles. The first-order chi connectivity index (χ1) is 15.7. The van der Waals surface area contributed by atoms with E-state index in [0.717, 1.165) is 11.3 Å². The van der Waals surface area contributed by atoms with Gasteiger partial charge in [-0.05, 0) is 79.2 Å². The monoisotopic (exact) mass is 559 g/mol. The Balaban J connectivity index is 0.000000142. The van der Waals surface area contributed by atoms with Crippen molar-refractivity contribution in [3.05, 3.63) is 54.6 Å². The Kier molecular flexibility index (Phi) is 9.16. The third-order valence-corrected chi connectivity index (χ3v) is 10.5. The zero-order valence-corrected chi connectivity index (χ0v) is 22.7. The van der Waals surface area contributed by atoms with Crippen molar-refractivity contribution in [1.82, 2.24) is 0 Å². The molecule has 0 heterocycles. The molecule has 0 saturated heterocycles. The average Bonchev–Trinajstić information content (AvgIpc) is 3.64. The molecule has 0 aromatic heterocycles. The van der Waals surface area contributed by atoms with Crippen molar-refractivity contribution in [2.75, 3.05) is 19.0 Å². The third kappa shape index (κ3) is 6.00. The molecule has 4 aliphatic carbocycles. The van der Waals surface area contributed by atoms with Crippen molar-refractivity contribution >= 4 is 23.8 Å². The first kappa shape index (κ1) is 24.7. The van der Waals surface area contributed by atoms with Gasteiger partial charge in [0.25, 0.3) is 0 Å². The van der Waals surface area contributed by atoms with Gasteiger partial charge in [-0.15, -0.1) is 38.4 Å². The Labute approximate surface area is 212 Å². The standard InChI is InChI=1S/C14H14N.C14H23P.ClH.Pd/c1-15(2)14-10-6-9-13(11-14)12-7-4-3-5-8-12;1-3-11-5-9(1)7-13(11)15-14-8-10-2-4-12(14)6-10;;/h3-10H,1-2H3;9-15H,1-8H2;1H;/q-1;;;+2/p-1/t;9-,10?,11+,12?,13?,14?;;/m.1../s1. The minimum atomic E-state index is 1.11. The van der Waals surface area contributed by atoms with Gasteiger partial charge in [0.05, 0.1) is 0 Å². The van der Waals surface area contributed by atoms with E-state index in [1.807, 2.05) is 32.3 Å². The van der Waals surface area contributed by atoms with Gasteiger partial charge in [0, 0.05) is 14.1 Å². The molecule has 1 nitrogen and oxygen atoms in total. The molecule has 4 fully saturated rings. The third-order valence-electron chi connectivity index (χ3n) is 8.25. The zero-order valence-electron chi connectivity index (χ0n) is 19.4. The molecule has 4 saturated carbocycles. The fourth-order valence-corrected chi connectivity index (χ4v) is 9.32. The molecule has 176 valence electrons. The van der Waals surface area contributed by atoms with Gasteiger partial charge in [-0.3, -0.25) is 0 Å². The van der Waals surface area contributed by atoms with Crippen LogP contribution in [0.25, 0.3) is 11.1 Å². The van der Waals surface area contributed by atoms with Crippen molar-refractivity contribution in [3.8, 4) is 11.1 Å². The summed E-state index contributed by atoms with van der Waals surface area (Å²) in [5.41, 5.74) is 5.86. The van der Waals surface area contributed by atoms with E-state index < -0.39 is 0 Å². The minimum absolute atomic E-state index is 1.11. The number of halogens is 1. The van der Waals surface area contributed by atoms with E-state index in [-0.39, 0.29) is 0 Å². The molecular weight excluding hydrogens is 523 g/mol. The second-order valence-corrected chi connectivity index (χ2v) is 12.3. The maximum absolute atomic E-state index is 4.49. The normalized spacial score (nSPS) is 31.9. The fourth-order valence-electron chi connectivity index (χ4n) is 6.68. The van der Waals surface area contributed by atoms with Crippen LogP contribution < -0.4 is 4.90 Å². The van der Waals surface area contributed by atoms with Gasteiger partial charge in [0.1, 0.15) is 0 Å². The summed E-state index contributed by atoms with van der Waals surface area (Å²) in [4.78, 5) is 2.06. The summed E-state index contributed by atoms with van der Waals surface area (Å²) in [6.07, 6.45) is 12.9. The van der Waals surface area contributed by atoms with E-state index in [4.69, 9.17) is 0 Å². The van der Waals surface area contributed by atoms with Crippen molar-refractivity contribution in [1.29, 1.82) is 0 Å². The quantitative estimate of drug-likeness (QED) is 0.209. The molecule has 0 radical (unpaired) electrons. The van der Waals surface area contributed by atoms with Gasteiger partial charge >= 0.3 is 27.7 Å². The number of fused-ring (bicyclic) bond motifs is 4. The number of hydrogen-bond acceptors (Lipinski definition) is 1. The van der Waals surface area contributed by atoms with Crippen LogP contribution in [0.4, 0.5) is 5.69 Å². The molecule has 32 heavy (non-hydrogen) atoms. The first-order valence-corrected chi connectivity index (χ1v) is 15.4. The number of rotatable bonds is 4. The van der Waals surface area contributed by atoms with Crippen LogP contribution in [0.1, 0.15) is 51.4 Å². The Morgan fingerprint density at radius 2 is 1.38 bits per heavy atom. The molecule has 0 N–H and O–H groups in total. The zero-order chi connectivity index (χ0) is 22.5. The number of hydrogen-bond donors (Lipinski definition) is 0. The van der Waals surface area contributed by atoms with Crippen LogP contribution in [-0.4, -0.2) is 25.4 Å². The second kappa shape index (κ2) is 11.8. The van der Waals surface area contributed by atoms with Gasteiger partial charge in [-0.1, -0.05) is 48.7 Å². The van der Waals surface area contributed by atoms with Crippen LogP contribution in [-0.2, 0) is 18.2 Å². The molecule has 4 bridgehead atoms. The maximum atomic E-state index is 4.49. The van der Waals surface area contributed by atoms with Crippen molar-refractivity contribution in [3.63, 3.8) is 0 Å². The van der Waals surface area contributed by atoms with E-state index >= 15 is 0 Å². The predicted molar refractivity (Wildman–Crippen MR) is 138 cm³/mol. The van der Waals surface area contributed by atoms with Crippen molar-refractivity contribution in [2.24, 2.45) is 23.7 Å². The van der Waals surface area contributed by atoms with E-state index in [1.54, 1.807) is 51.4 Å². The van der Waals surface area contributed by atoms with Crippen LogP contribution in [0.2, 0.25) is 0 Å². The van der Waals surface area contributed by atoms with E-state index in [1.165, 1.54) is 49.1 Å². The van der Waals surface area contributed by atoms with Crippen molar-refractivity contribution in [2.45, 2.75) is 62.7 Å². The number of benzene rings is 2. The van der Waals surface area contributed by atoms with Gasteiger partial charge in [-0.2, -0.15) is 0 Å². The molecule has 2 aromatic carbocycles. The summed E-state index contributed by atoms with van der Waals surface area (Å²) >= 11 is 2.22. The molecule has 0 amide bonds. The first-order valence-electron chi connectivity index (χ1n) is 12.3. The summed E-state index contributed by atoms with van der Waals surface area (Å²) in [6.45, 7) is 0. The van der Waals surface area contributed by atoms with E-state index in [9.17, 15) is 0 Å². The van der Waals surface area contributed by atoms with Gasteiger partial charge in [-0.25, -0.2) is 0 Å². The molecule has 5 unspecified atom stereocenters. The Hall–Kier alpha value is -0.378. The fraction of sp³-hybridized carbons (Fsp3) is 0.571. The summed E-state index contributed by atoms with van der Waals surface area (Å²) in [7, 11) is 9.92. The van der Waals surface area contributed by atoms with Crippen LogP contribution in [0.5, 0.6) is 0 Å². The Bertz CT molecular complexity index is 818. The van der Waals surface area contributed by atoms with Gasteiger partial charge in [0.2, 0.25) is 0 Å². The average molecular weight is 560 g/mol. The molecule has 4 heteroatoms. The Morgan fingerprint density at radius 3 is 1.84 bits per heavy atom. The topological polar surface area (TPSA) is 3.24 Å². The van der Waals surface area contributed by atoms with Gasteiger partial charge in [0.15, 0.2) is 0 Å². The summed E-state index contributed by atoms with van der Waals surface area (Å²) in [5, 5.41) is 0. The molecule has 4 aliphatic rings. The molecule has 0 spiro atoms. The SMILES string of the molecule is C1CC2CC1CC2PC1C[C@@H]2CC[C@H]1C2.CN(C)c1[c-]c(-c2ccccc2)ccc1.[Cl][Pd+]. The summed E-state index contributed by atoms with van der Waals surface area (Å²) < 4.78 is 0. The van der Waals surface area contributed by atoms with Gasteiger partial charge < -0.3 is 4.90 Å². The summed E-state index contributed by atoms with van der Waals surface area (Å²) in [5.74, 6) is 4.72.